The number of aliphatic hydroxyl groups excluding tert-OH is 3. The Balaban J connectivity index is -0.000000799. The fraction of sp³-hybridized carbons (Fsp3) is 1.00. The minimum atomic E-state index is 0.347. The average molecular weight is 840 g/mol. The smallest absolute Gasteiger partial charge is 0.0461 e. The Morgan fingerprint density at radius 1 is 0.339 bits per heavy atom. The zero-order valence-corrected chi connectivity index (χ0v) is 44.4. The summed E-state index contributed by atoms with van der Waals surface area (Å²) < 4.78 is 0. The third kappa shape index (κ3) is 44.3. The lowest BCUT2D eigenvalue weighted by Gasteiger charge is -2.30. The van der Waals surface area contributed by atoms with Crippen LogP contribution in [-0.4, -0.2) is 35.1 Å². The van der Waals surface area contributed by atoms with Crippen LogP contribution in [0.3, 0.4) is 0 Å². The van der Waals surface area contributed by atoms with Gasteiger partial charge in [-0.1, -0.05) is 227 Å². The number of hydrogen-bond donors (Lipinski definition) is 3. The quantitative estimate of drug-likeness (QED) is 0.0577. The van der Waals surface area contributed by atoms with Gasteiger partial charge in [0, 0.05) is 19.8 Å². The van der Waals surface area contributed by atoms with Crippen molar-refractivity contribution in [3.63, 3.8) is 0 Å². The van der Waals surface area contributed by atoms with Gasteiger partial charge in [0.25, 0.3) is 0 Å². The van der Waals surface area contributed by atoms with Gasteiger partial charge in [0.2, 0.25) is 0 Å². The lowest BCUT2D eigenvalue weighted by molar-refractivity contribution is 0.135. The second-order valence-electron chi connectivity index (χ2n) is 24.0. The second kappa shape index (κ2) is 38.3. The van der Waals surface area contributed by atoms with Crippen LogP contribution in [0.1, 0.15) is 266 Å². The normalized spacial score (nSPS) is 16.9. The molecule has 59 heavy (non-hydrogen) atoms. The summed E-state index contributed by atoms with van der Waals surface area (Å²) >= 11 is 0. The van der Waals surface area contributed by atoms with E-state index >= 15 is 0 Å². The predicted octanol–water partition coefficient (Wildman–Crippen LogP) is 17.6. The highest BCUT2D eigenvalue weighted by atomic mass is 16.3. The lowest BCUT2D eigenvalue weighted by Crippen LogP contribution is -2.22. The van der Waals surface area contributed by atoms with Crippen LogP contribution in [0.5, 0.6) is 0 Å². The van der Waals surface area contributed by atoms with E-state index < -0.39 is 0 Å². The molecule has 0 heterocycles. The molecule has 0 saturated carbocycles. The molecule has 0 aromatic rings. The summed E-state index contributed by atoms with van der Waals surface area (Å²) in [7, 11) is 0. The number of aliphatic hydroxyl groups is 3. The van der Waals surface area contributed by atoms with Crippen LogP contribution in [0.25, 0.3) is 0 Å². The van der Waals surface area contributed by atoms with Gasteiger partial charge in [-0.2, -0.15) is 0 Å². The zero-order valence-electron chi connectivity index (χ0n) is 44.4. The third-order valence-electron chi connectivity index (χ3n) is 13.7. The fourth-order valence-electron chi connectivity index (χ4n) is 9.08. The van der Waals surface area contributed by atoms with E-state index in [0.717, 1.165) is 35.5 Å². The summed E-state index contributed by atoms with van der Waals surface area (Å²) in [6.07, 6.45) is 28.5. The third-order valence-corrected chi connectivity index (χ3v) is 13.7. The highest BCUT2D eigenvalue weighted by molar-refractivity contribution is 4.75. The van der Waals surface area contributed by atoms with Crippen LogP contribution < -0.4 is 0 Å². The maximum atomic E-state index is 9.67. The molecule has 0 saturated heterocycles. The molecule has 0 aromatic heterocycles. The molecule has 0 aliphatic heterocycles. The average Bonchev–Trinajstić information content (AvgIpc) is 3.13. The van der Waals surface area contributed by atoms with Gasteiger partial charge in [-0.15, -0.1) is 0 Å². The van der Waals surface area contributed by atoms with Crippen molar-refractivity contribution < 1.29 is 15.3 Å². The molecule has 360 valence electrons. The van der Waals surface area contributed by atoms with Crippen molar-refractivity contribution in [3.8, 4) is 0 Å². The van der Waals surface area contributed by atoms with Crippen molar-refractivity contribution in [2.75, 3.05) is 19.8 Å². The van der Waals surface area contributed by atoms with Crippen LogP contribution in [0.15, 0.2) is 0 Å². The Hall–Kier alpha value is -0.120. The van der Waals surface area contributed by atoms with E-state index in [1.807, 2.05) is 0 Å². The van der Waals surface area contributed by atoms with Gasteiger partial charge in [0.15, 0.2) is 0 Å². The molecule has 9 unspecified atom stereocenters. The van der Waals surface area contributed by atoms with Crippen molar-refractivity contribution >= 4 is 0 Å². The van der Waals surface area contributed by atoms with E-state index in [2.05, 4.69) is 125 Å². The minimum absolute atomic E-state index is 0.347. The van der Waals surface area contributed by atoms with Crippen LogP contribution in [-0.2, 0) is 0 Å². The number of unbranched alkanes of at least 4 members (excludes halogenated alkanes) is 2. The van der Waals surface area contributed by atoms with Gasteiger partial charge in [-0.05, 0) is 114 Å². The van der Waals surface area contributed by atoms with Gasteiger partial charge in [0.05, 0.1) is 0 Å². The van der Waals surface area contributed by atoms with Crippen LogP contribution in [0.2, 0.25) is 0 Å². The van der Waals surface area contributed by atoms with Crippen molar-refractivity contribution in [1.82, 2.24) is 0 Å². The Morgan fingerprint density at radius 3 is 1.17 bits per heavy atom. The molecule has 0 fully saturated rings. The molecular formula is C56H118O3. The molecular weight excluding hydrogens is 721 g/mol. The zero-order chi connectivity index (χ0) is 46.0. The van der Waals surface area contributed by atoms with E-state index in [1.165, 1.54) is 141 Å². The van der Waals surface area contributed by atoms with Crippen molar-refractivity contribution in [1.29, 1.82) is 0 Å². The molecule has 0 aliphatic rings. The van der Waals surface area contributed by atoms with Crippen molar-refractivity contribution in [2.24, 2.45) is 75.9 Å². The van der Waals surface area contributed by atoms with Crippen LogP contribution in [0.4, 0.5) is 0 Å². The van der Waals surface area contributed by atoms with Gasteiger partial charge < -0.3 is 15.3 Å². The van der Waals surface area contributed by atoms with E-state index in [9.17, 15) is 15.3 Å². The molecule has 9 atom stereocenters. The van der Waals surface area contributed by atoms with E-state index in [0.29, 0.717) is 60.2 Å². The van der Waals surface area contributed by atoms with E-state index in [1.54, 1.807) is 0 Å². The van der Waals surface area contributed by atoms with Crippen LogP contribution in [0, 0.1) is 75.9 Å². The Bertz CT molecular complexity index is 852. The maximum Gasteiger partial charge on any atom is 0.0461 e. The molecule has 0 rings (SSSR count). The molecule has 0 aliphatic carbocycles. The topological polar surface area (TPSA) is 60.7 Å². The van der Waals surface area contributed by atoms with Crippen molar-refractivity contribution in [3.05, 3.63) is 0 Å². The first kappa shape index (κ1) is 63.2. The highest BCUT2D eigenvalue weighted by Crippen LogP contribution is 2.33. The molecule has 0 radical (unpaired) electrons. The fourth-order valence-corrected chi connectivity index (χ4v) is 9.08. The molecule has 3 N–H and O–H groups in total. The molecule has 3 nitrogen and oxygen atoms in total. The largest absolute Gasteiger partial charge is 0.396 e. The highest BCUT2D eigenvalue weighted by Gasteiger charge is 2.24. The van der Waals surface area contributed by atoms with Crippen molar-refractivity contribution in [2.45, 2.75) is 266 Å². The molecule has 0 amide bonds. The standard InChI is InChI=1S/C20H42O.2C18H38O/c1-16(2)9-7-11-18(5)13-14-20(15-21)19(6)12-8-10-17(3)4;1-14(11-17(3,4)5)9-10-16(13-19)15(2)12-18(6,7)8;1-5-16(3)11-8-7-9-13-18(15-19)14-10-12-17(4)6-2/h16-21H,7-15H2,1-6H3;14-16,19H,9-13H2,1-8H3;16-19H,5-15H2,1-4H3. The van der Waals surface area contributed by atoms with Gasteiger partial charge in [-0.3, -0.25) is 0 Å². The SMILES string of the molecule is CC(C)CCCC(C)CCC(CO)C(C)CCCC(C)C.CC(CCC(CO)C(C)CC(C)(C)C)CC(C)(C)C.CCC(C)CCCCCC(CO)CCCC(C)CC. The summed E-state index contributed by atoms with van der Waals surface area (Å²) in [4.78, 5) is 0. The summed E-state index contributed by atoms with van der Waals surface area (Å²) in [6, 6.07) is 0. The minimum Gasteiger partial charge on any atom is -0.396 e. The Kier molecular flexibility index (Phi) is 41.1. The Labute approximate surface area is 375 Å². The summed E-state index contributed by atoms with van der Waals surface area (Å²) in [5, 5.41) is 28.7. The van der Waals surface area contributed by atoms with Gasteiger partial charge in [-0.25, -0.2) is 0 Å². The number of hydrogen-bond acceptors (Lipinski definition) is 3. The first-order valence-electron chi connectivity index (χ1n) is 26.3. The number of rotatable bonds is 33. The molecule has 0 bridgehead atoms. The summed E-state index contributed by atoms with van der Waals surface area (Å²) in [5.41, 5.74) is 0.787. The molecule has 0 spiro atoms. The maximum absolute atomic E-state index is 9.67. The van der Waals surface area contributed by atoms with E-state index in [4.69, 9.17) is 0 Å². The Morgan fingerprint density at radius 2 is 0.729 bits per heavy atom. The van der Waals surface area contributed by atoms with Crippen LogP contribution >= 0.6 is 0 Å². The summed E-state index contributed by atoms with van der Waals surface area (Å²) in [5.74, 6) is 7.83. The molecule has 0 aromatic carbocycles. The van der Waals surface area contributed by atoms with Gasteiger partial charge >= 0.3 is 0 Å². The second-order valence-corrected chi connectivity index (χ2v) is 24.0. The first-order chi connectivity index (χ1) is 27.4. The monoisotopic (exact) mass is 839 g/mol. The summed E-state index contributed by atoms with van der Waals surface area (Å²) in [6.45, 7) is 42.8. The predicted molar refractivity (Wildman–Crippen MR) is 268 cm³/mol. The first-order valence-corrected chi connectivity index (χ1v) is 26.3. The van der Waals surface area contributed by atoms with Gasteiger partial charge in [0.1, 0.15) is 0 Å². The van der Waals surface area contributed by atoms with E-state index in [-0.39, 0.29) is 0 Å². The lowest BCUT2D eigenvalue weighted by atomic mass is 9.76. The molecule has 3 heteroatoms.